The number of methoxy groups -OCH3 is 1. The van der Waals surface area contributed by atoms with Crippen LogP contribution in [-0.4, -0.2) is 33.6 Å². The van der Waals surface area contributed by atoms with Crippen molar-refractivity contribution in [2.75, 3.05) is 7.11 Å². The number of pyridine rings is 2. The highest BCUT2D eigenvalue weighted by molar-refractivity contribution is 9.10. The Morgan fingerprint density at radius 3 is 2.59 bits per heavy atom. The number of carbonyl (C=O) groups excluding carboxylic acids is 1. The largest absolute Gasteiger partial charge is 0.495 e. The number of hydrogen-bond acceptors (Lipinski definition) is 5. The van der Waals surface area contributed by atoms with Crippen molar-refractivity contribution >= 4 is 38.8 Å². The molecule has 1 aromatic carbocycles. The zero-order valence-electron chi connectivity index (χ0n) is 15.7. The van der Waals surface area contributed by atoms with Gasteiger partial charge in [-0.1, -0.05) is 29.8 Å². The standard InChI is InChI=1S/C20H18BrN3O5/c1-11-3-5-12(6-4-11)8-23-19(27)14-7-13-17(29-2)15(21)9-22-18(13)24(20(14)28)10-16(25)26/h3-7,9H,8,10H2,1-2H3,(H,23,27)(H,25,26). The SMILES string of the molecule is COc1c(Br)cnc2c1cc(C(=O)NCc1ccc(C)cc1)c(=O)n2CC(=O)O. The molecule has 2 aromatic heterocycles. The fraction of sp³-hybridized carbons (Fsp3) is 0.200. The molecule has 0 aliphatic rings. The molecule has 0 unspecified atom stereocenters. The van der Waals surface area contributed by atoms with Crippen molar-refractivity contribution < 1.29 is 19.4 Å². The first kappa shape index (κ1) is 20.5. The van der Waals surface area contributed by atoms with Gasteiger partial charge in [0.15, 0.2) is 0 Å². The van der Waals surface area contributed by atoms with Gasteiger partial charge in [-0.25, -0.2) is 4.98 Å². The van der Waals surface area contributed by atoms with Gasteiger partial charge in [-0.2, -0.15) is 0 Å². The lowest BCUT2D eigenvalue weighted by Gasteiger charge is -2.14. The molecule has 2 N–H and O–H groups in total. The summed E-state index contributed by atoms with van der Waals surface area (Å²) < 4.78 is 6.82. The average molecular weight is 460 g/mol. The molecule has 0 aliphatic heterocycles. The van der Waals surface area contributed by atoms with Crippen LogP contribution in [0.2, 0.25) is 0 Å². The first-order valence-corrected chi connectivity index (χ1v) is 9.42. The molecule has 0 fully saturated rings. The highest BCUT2D eigenvalue weighted by atomic mass is 79.9. The Bertz CT molecular complexity index is 1160. The van der Waals surface area contributed by atoms with E-state index in [1.54, 1.807) is 0 Å². The van der Waals surface area contributed by atoms with Gasteiger partial charge < -0.3 is 15.2 Å². The van der Waals surface area contributed by atoms with Gasteiger partial charge in [0.1, 0.15) is 23.5 Å². The van der Waals surface area contributed by atoms with Crippen molar-refractivity contribution in [2.45, 2.75) is 20.0 Å². The Labute approximate surface area is 174 Å². The first-order valence-electron chi connectivity index (χ1n) is 8.63. The van der Waals surface area contributed by atoms with Crippen molar-refractivity contribution in [3.8, 4) is 5.75 Å². The summed E-state index contributed by atoms with van der Waals surface area (Å²) in [4.78, 5) is 41.0. The summed E-state index contributed by atoms with van der Waals surface area (Å²) in [6, 6.07) is 8.97. The third-order valence-corrected chi connectivity index (χ3v) is 4.90. The number of rotatable bonds is 6. The summed E-state index contributed by atoms with van der Waals surface area (Å²) in [5, 5.41) is 12.3. The number of ether oxygens (including phenoxy) is 1. The predicted molar refractivity (Wildman–Crippen MR) is 110 cm³/mol. The molecule has 0 bridgehead atoms. The monoisotopic (exact) mass is 459 g/mol. The van der Waals surface area contributed by atoms with Crippen LogP contribution in [0.3, 0.4) is 0 Å². The van der Waals surface area contributed by atoms with Crippen LogP contribution in [0.5, 0.6) is 5.75 Å². The van der Waals surface area contributed by atoms with Gasteiger partial charge in [0.25, 0.3) is 11.5 Å². The molecule has 1 amide bonds. The second kappa shape index (κ2) is 8.44. The van der Waals surface area contributed by atoms with Gasteiger partial charge in [0.05, 0.1) is 17.0 Å². The van der Waals surface area contributed by atoms with Crippen molar-refractivity contribution in [3.63, 3.8) is 0 Å². The molecule has 0 aliphatic carbocycles. The number of aromatic nitrogens is 2. The molecular weight excluding hydrogens is 442 g/mol. The number of nitrogens with one attached hydrogen (secondary N) is 1. The van der Waals surface area contributed by atoms with E-state index in [9.17, 15) is 19.5 Å². The molecule has 8 nitrogen and oxygen atoms in total. The van der Waals surface area contributed by atoms with Crippen LogP contribution >= 0.6 is 15.9 Å². The van der Waals surface area contributed by atoms with Crippen LogP contribution in [-0.2, 0) is 17.9 Å². The molecular formula is C20H18BrN3O5. The zero-order valence-corrected chi connectivity index (χ0v) is 17.3. The van der Waals surface area contributed by atoms with E-state index in [0.717, 1.165) is 15.7 Å². The number of aryl methyl sites for hydroxylation is 1. The van der Waals surface area contributed by atoms with E-state index in [4.69, 9.17) is 4.74 Å². The number of halogens is 1. The number of fused-ring (bicyclic) bond motifs is 1. The summed E-state index contributed by atoms with van der Waals surface area (Å²) >= 11 is 3.31. The minimum Gasteiger partial charge on any atom is -0.495 e. The molecule has 3 rings (SSSR count). The molecule has 150 valence electrons. The Hall–Kier alpha value is -3.20. The maximum absolute atomic E-state index is 12.8. The van der Waals surface area contributed by atoms with Gasteiger partial charge in [0.2, 0.25) is 0 Å². The van der Waals surface area contributed by atoms with Crippen molar-refractivity contribution in [3.05, 3.63) is 68.0 Å². The zero-order chi connectivity index (χ0) is 21.1. The second-order valence-corrected chi connectivity index (χ2v) is 7.24. The maximum atomic E-state index is 12.8. The number of benzene rings is 1. The second-order valence-electron chi connectivity index (χ2n) is 6.39. The number of nitrogens with zero attached hydrogens (tertiary/aromatic N) is 2. The van der Waals surface area contributed by atoms with Gasteiger partial charge in [0, 0.05) is 12.7 Å². The first-order chi connectivity index (χ1) is 13.8. The van der Waals surface area contributed by atoms with Crippen LogP contribution < -0.4 is 15.6 Å². The van der Waals surface area contributed by atoms with Crippen LogP contribution in [0.25, 0.3) is 11.0 Å². The Morgan fingerprint density at radius 2 is 1.97 bits per heavy atom. The summed E-state index contributed by atoms with van der Waals surface area (Å²) in [7, 11) is 1.43. The lowest BCUT2D eigenvalue weighted by atomic mass is 10.1. The van der Waals surface area contributed by atoms with Gasteiger partial charge >= 0.3 is 5.97 Å². The van der Waals surface area contributed by atoms with E-state index in [0.29, 0.717) is 15.6 Å². The highest BCUT2D eigenvalue weighted by Crippen LogP contribution is 2.31. The normalized spacial score (nSPS) is 10.7. The van der Waals surface area contributed by atoms with Crippen molar-refractivity contribution in [2.24, 2.45) is 0 Å². The predicted octanol–water partition coefficient (Wildman–Crippen LogP) is 2.49. The van der Waals surface area contributed by atoms with E-state index in [1.807, 2.05) is 31.2 Å². The van der Waals surface area contributed by atoms with Crippen LogP contribution in [0.4, 0.5) is 0 Å². The number of aliphatic carboxylic acids is 1. The third kappa shape index (κ3) is 4.29. The van der Waals surface area contributed by atoms with E-state index in [2.05, 4.69) is 26.2 Å². The minimum absolute atomic E-state index is 0.118. The maximum Gasteiger partial charge on any atom is 0.323 e. The van der Waals surface area contributed by atoms with Gasteiger partial charge in [-0.3, -0.25) is 19.0 Å². The summed E-state index contributed by atoms with van der Waals surface area (Å²) in [6.45, 7) is 1.55. The summed E-state index contributed by atoms with van der Waals surface area (Å²) in [5.41, 5.74) is 1.16. The quantitative estimate of drug-likeness (QED) is 0.585. The smallest absolute Gasteiger partial charge is 0.323 e. The fourth-order valence-electron chi connectivity index (χ4n) is 2.90. The Morgan fingerprint density at radius 1 is 1.28 bits per heavy atom. The van der Waals surface area contributed by atoms with E-state index in [-0.39, 0.29) is 17.8 Å². The summed E-state index contributed by atoms with van der Waals surface area (Å²) in [6.07, 6.45) is 1.41. The number of hydrogen-bond donors (Lipinski definition) is 2. The van der Waals surface area contributed by atoms with Crippen LogP contribution in [0.15, 0.2) is 45.8 Å². The lowest BCUT2D eigenvalue weighted by Crippen LogP contribution is -2.34. The molecule has 0 spiro atoms. The highest BCUT2D eigenvalue weighted by Gasteiger charge is 2.21. The number of amides is 1. The van der Waals surface area contributed by atoms with Gasteiger partial charge in [-0.05, 0) is 34.5 Å². The molecule has 0 saturated carbocycles. The fourth-order valence-corrected chi connectivity index (χ4v) is 3.38. The Balaban J connectivity index is 2.07. The van der Waals surface area contributed by atoms with Crippen LogP contribution in [0, 0.1) is 6.92 Å². The number of carboxylic acid groups (broad SMARTS) is 1. The molecule has 2 heterocycles. The Kier molecular flexibility index (Phi) is 5.97. The van der Waals surface area contributed by atoms with Crippen molar-refractivity contribution in [1.82, 2.24) is 14.9 Å². The third-order valence-electron chi connectivity index (χ3n) is 4.34. The molecule has 29 heavy (non-hydrogen) atoms. The molecule has 3 aromatic rings. The van der Waals surface area contributed by atoms with Gasteiger partial charge in [-0.15, -0.1) is 0 Å². The topological polar surface area (TPSA) is 111 Å². The minimum atomic E-state index is -1.23. The molecule has 0 saturated heterocycles. The molecule has 0 atom stereocenters. The van der Waals surface area contributed by atoms with Crippen molar-refractivity contribution in [1.29, 1.82) is 0 Å². The summed E-state index contributed by atoms with van der Waals surface area (Å²) in [5.74, 6) is -1.49. The average Bonchev–Trinajstić information content (AvgIpc) is 2.69. The number of carbonyl (C=O) groups is 2. The van der Waals surface area contributed by atoms with E-state index >= 15 is 0 Å². The lowest BCUT2D eigenvalue weighted by molar-refractivity contribution is -0.137. The van der Waals surface area contributed by atoms with E-state index < -0.39 is 24.0 Å². The molecule has 0 radical (unpaired) electrons. The van der Waals surface area contributed by atoms with Crippen LogP contribution in [0.1, 0.15) is 21.5 Å². The molecule has 9 heteroatoms. The van der Waals surface area contributed by atoms with E-state index in [1.165, 1.54) is 19.4 Å². The number of carboxylic acids is 1.